The molecule has 1 fully saturated rings. The predicted molar refractivity (Wildman–Crippen MR) is 186 cm³/mol. The number of carbonyl (C=O) groups excluding carboxylic acids is 3. The van der Waals surface area contributed by atoms with Gasteiger partial charge in [0.15, 0.2) is 0 Å². The number of hydrogen-bond acceptors (Lipinski definition) is 4. The maximum absolute atomic E-state index is 14.6. The van der Waals surface area contributed by atoms with Crippen LogP contribution < -0.4 is 11.1 Å². The maximum Gasteiger partial charge on any atom is 0.246 e. The van der Waals surface area contributed by atoms with E-state index >= 15 is 0 Å². The first-order chi connectivity index (χ1) is 23.0. The molecule has 3 amide bonds. The monoisotopic (exact) mass is 630 g/mol. The lowest BCUT2D eigenvalue weighted by molar-refractivity contribution is -0.147. The molecule has 1 heterocycles. The summed E-state index contributed by atoms with van der Waals surface area (Å²) < 4.78 is 0. The Hall–Kier alpha value is -4.75. The summed E-state index contributed by atoms with van der Waals surface area (Å²) >= 11 is 0. The van der Waals surface area contributed by atoms with E-state index in [2.05, 4.69) is 29.6 Å². The van der Waals surface area contributed by atoms with Gasteiger partial charge in [0.25, 0.3) is 0 Å². The van der Waals surface area contributed by atoms with Crippen LogP contribution in [0.1, 0.15) is 66.2 Å². The summed E-state index contributed by atoms with van der Waals surface area (Å²) in [5, 5.41) is 3.05. The molecule has 1 aliphatic heterocycles. The Bertz CT molecular complexity index is 1530. The van der Waals surface area contributed by atoms with Crippen LogP contribution in [0.25, 0.3) is 0 Å². The van der Waals surface area contributed by atoms with Gasteiger partial charge >= 0.3 is 0 Å². The number of nitrogens with two attached hydrogens (primary N) is 1. The molecule has 4 aromatic rings. The molecule has 0 spiro atoms. The highest BCUT2D eigenvalue weighted by molar-refractivity contribution is 5.93. The minimum Gasteiger partial charge on any atom is -0.350 e. The van der Waals surface area contributed by atoms with Crippen LogP contribution in [-0.2, 0) is 20.9 Å². The third-order valence-corrected chi connectivity index (χ3v) is 9.34. The molecule has 1 saturated heterocycles. The molecule has 0 aliphatic carbocycles. The highest BCUT2D eigenvalue weighted by Crippen LogP contribution is 2.37. The minimum absolute atomic E-state index is 0.0684. The highest BCUT2D eigenvalue weighted by atomic mass is 16.2. The van der Waals surface area contributed by atoms with E-state index < -0.39 is 12.1 Å². The SMILES string of the molecule is CN(C(=O)C1C(c2ccccc2)CCN1C(=O)CC(c1ccccc1)c1ccccc1)[C@@H](CCCCN)C(=O)NCc1ccccc1. The molecule has 4 aromatic carbocycles. The summed E-state index contributed by atoms with van der Waals surface area (Å²) in [6.45, 7) is 1.36. The number of benzene rings is 4. The Morgan fingerprint density at radius 2 is 1.36 bits per heavy atom. The zero-order valence-corrected chi connectivity index (χ0v) is 27.2. The van der Waals surface area contributed by atoms with Gasteiger partial charge in [-0.3, -0.25) is 14.4 Å². The van der Waals surface area contributed by atoms with E-state index in [1.807, 2.05) is 97.1 Å². The number of amides is 3. The third-order valence-electron chi connectivity index (χ3n) is 9.34. The van der Waals surface area contributed by atoms with E-state index in [1.54, 1.807) is 16.8 Å². The van der Waals surface area contributed by atoms with Crippen molar-refractivity contribution in [1.82, 2.24) is 15.1 Å². The summed E-state index contributed by atoms with van der Waals surface area (Å²) in [6, 6.07) is 38.4. The van der Waals surface area contributed by atoms with Crippen LogP contribution in [0.3, 0.4) is 0 Å². The first kappa shape index (κ1) is 33.6. The number of hydrogen-bond donors (Lipinski definition) is 2. The zero-order chi connectivity index (χ0) is 33.0. The van der Waals surface area contributed by atoms with Crippen LogP contribution in [-0.4, -0.2) is 59.7 Å². The van der Waals surface area contributed by atoms with E-state index in [0.717, 1.165) is 28.7 Å². The van der Waals surface area contributed by atoms with Gasteiger partial charge in [0.2, 0.25) is 17.7 Å². The van der Waals surface area contributed by atoms with Crippen molar-refractivity contribution >= 4 is 17.7 Å². The van der Waals surface area contributed by atoms with Crippen LogP contribution in [0.4, 0.5) is 0 Å². The molecule has 3 N–H and O–H groups in total. The van der Waals surface area contributed by atoms with Crippen molar-refractivity contribution in [2.24, 2.45) is 5.73 Å². The van der Waals surface area contributed by atoms with E-state index in [0.29, 0.717) is 38.9 Å². The quantitative estimate of drug-likeness (QED) is 0.171. The number of carbonyl (C=O) groups is 3. The first-order valence-corrected chi connectivity index (χ1v) is 16.7. The molecule has 3 atom stereocenters. The van der Waals surface area contributed by atoms with Gasteiger partial charge in [0.05, 0.1) is 0 Å². The molecule has 2 unspecified atom stereocenters. The van der Waals surface area contributed by atoms with E-state index in [9.17, 15) is 14.4 Å². The van der Waals surface area contributed by atoms with Crippen molar-refractivity contribution in [3.63, 3.8) is 0 Å². The maximum atomic E-state index is 14.6. The highest BCUT2D eigenvalue weighted by Gasteiger charge is 2.45. The number of rotatable bonds is 14. The molecule has 244 valence electrons. The fourth-order valence-corrected chi connectivity index (χ4v) is 6.77. The lowest BCUT2D eigenvalue weighted by Crippen LogP contribution is -2.55. The second-order valence-electron chi connectivity index (χ2n) is 12.4. The Kier molecular flexibility index (Phi) is 11.9. The normalized spacial score (nSPS) is 16.5. The second-order valence-corrected chi connectivity index (χ2v) is 12.4. The average Bonchev–Trinajstić information content (AvgIpc) is 3.58. The minimum atomic E-state index is -0.721. The summed E-state index contributed by atoms with van der Waals surface area (Å²) in [7, 11) is 1.71. The molecular formula is C40H46N4O3. The second kappa shape index (κ2) is 16.7. The van der Waals surface area contributed by atoms with Gasteiger partial charge in [0, 0.05) is 38.4 Å². The fraction of sp³-hybridized carbons (Fsp3) is 0.325. The molecule has 0 saturated carbocycles. The van der Waals surface area contributed by atoms with Crippen molar-refractivity contribution in [3.05, 3.63) is 144 Å². The summed E-state index contributed by atoms with van der Waals surface area (Å²) in [6.07, 6.45) is 2.86. The Balaban J connectivity index is 1.42. The van der Waals surface area contributed by atoms with E-state index in [1.165, 1.54) is 0 Å². The zero-order valence-electron chi connectivity index (χ0n) is 27.2. The van der Waals surface area contributed by atoms with E-state index in [-0.39, 0.29) is 36.0 Å². The van der Waals surface area contributed by atoms with Gasteiger partial charge in [-0.05, 0) is 54.5 Å². The van der Waals surface area contributed by atoms with Gasteiger partial charge in [-0.15, -0.1) is 0 Å². The summed E-state index contributed by atoms with van der Waals surface area (Å²) in [5.74, 6) is -0.822. The Morgan fingerprint density at radius 1 is 0.809 bits per heavy atom. The third kappa shape index (κ3) is 8.54. The number of nitrogens with one attached hydrogen (secondary N) is 1. The van der Waals surface area contributed by atoms with E-state index in [4.69, 9.17) is 5.73 Å². The van der Waals surface area contributed by atoms with Gasteiger partial charge in [-0.25, -0.2) is 0 Å². The van der Waals surface area contributed by atoms with Crippen molar-refractivity contribution in [2.75, 3.05) is 20.1 Å². The number of unbranched alkanes of at least 4 members (excludes halogenated alkanes) is 1. The van der Waals surface area contributed by atoms with Gasteiger partial charge < -0.3 is 20.9 Å². The molecule has 47 heavy (non-hydrogen) atoms. The van der Waals surface area contributed by atoms with Crippen molar-refractivity contribution < 1.29 is 14.4 Å². The topological polar surface area (TPSA) is 95.7 Å². The van der Waals surface area contributed by atoms with Gasteiger partial charge in [-0.1, -0.05) is 121 Å². The molecule has 0 aromatic heterocycles. The molecule has 1 aliphatic rings. The largest absolute Gasteiger partial charge is 0.350 e. The number of likely N-dealkylation sites (tertiary alicyclic amines) is 1. The molecule has 0 bridgehead atoms. The molecule has 7 nitrogen and oxygen atoms in total. The lowest BCUT2D eigenvalue weighted by atomic mass is 9.87. The van der Waals surface area contributed by atoms with Crippen molar-refractivity contribution in [2.45, 2.75) is 62.6 Å². The van der Waals surface area contributed by atoms with Crippen LogP contribution in [0, 0.1) is 0 Å². The fourth-order valence-electron chi connectivity index (χ4n) is 6.77. The van der Waals surface area contributed by atoms with Crippen LogP contribution in [0.5, 0.6) is 0 Å². The van der Waals surface area contributed by atoms with Crippen LogP contribution in [0.15, 0.2) is 121 Å². The Morgan fingerprint density at radius 3 is 1.94 bits per heavy atom. The predicted octanol–water partition coefficient (Wildman–Crippen LogP) is 5.87. The number of likely N-dealkylation sites (N-methyl/N-ethyl adjacent to an activating group) is 1. The molecular weight excluding hydrogens is 584 g/mol. The first-order valence-electron chi connectivity index (χ1n) is 16.7. The standard InChI is InChI=1S/C40H46N4O3/c1-43(36(24-14-15-26-41)39(46)42-29-30-16-6-2-7-17-30)40(47)38-34(31-18-8-3-9-19-31)25-27-44(38)37(45)28-35(32-20-10-4-11-21-32)33-22-12-5-13-23-33/h2-13,16-23,34-36,38H,14-15,24-29,41H2,1H3,(H,42,46)/t34?,36-,38?/m0/s1. The Labute approximate surface area is 278 Å². The number of nitrogens with zero attached hydrogens (tertiary/aromatic N) is 2. The van der Waals surface area contributed by atoms with Crippen LogP contribution in [0.2, 0.25) is 0 Å². The summed E-state index contributed by atoms with van der Waals surface area (Å²) in [4.78, 5) is 46.0. The summed E-state index contributed by atoms with van der Waals surface area (Å²) in [5.41, 5.74) is 9.91. The van der Waals surface area contributed by atoms with Gasteiger partial charge in [0.1, 0.15) is 12.1 Å². The smallest absolute Gasteiger partial charge is 0.246 e. The molecule has 0 radical (unpaired) electrons. The van der Waals surface area contributed by atoms with Gasteiger partial charge in [-0.2, -0.15) is 0 Å². The average molecular weight is 631 g/mol. The molecule has 5 rings (SSSR count). The lowest BCUT2D eigenvalue weighted by Gasteiger charge is -2.35. The molecule has 7 heteroatoms. The van der Waals surface area contributed by atoms with Crippen molar-refractivity contribution in [3.8, 4) is 0 Å². The van der Waals surface area contributed by atoms with Crippen LogP contribution >= 0.6 is 0 Å². The van der Waals surface area contributed by atoms with Crippen molar-refractivity contribution in [1.29, 1.82) is 0 Å².